The van der Waals surface area contributed by atoms with Crippen LogP contribution in [0.15, 0.2) is 51.9 Å². The molecule has 1 N–H and O–H groups in total. The van der Waals surface area contributed by atoms with Gasteiger partial charge in [0.2, 0.25) is 0 Å². The Balaban J connectivity index is 2.00. The molecular formula is C17H15BrN2O. The quantitative estimate of drug-likeness (QED) is 0.848. The molecule has 106 valence electrons. The minimum Gasteiger partial charge on any atom is -0.320 e. The SMILES string of the molecule is CC(C)c1ccc(N=C2C(=O)Nc3ccc(Br)cc32)cc1. The predicted octanol–water partition coefficient (Wildman–Crippen LogP) is 4.65. The third-order valence-corrected chi connectivity index (χ3v) is 3.99. The van der Waals surface area contributed by atoms with Crippen LogP contribution in [0.5, 0.6) is 0 Å². The lowest BCUT2D eigenvalue weighted by Gasteiger charge is -2.05. The summed E-state index contributed by atoms with van der Waals surface area (Å²) >= 11 is 3.43. The number of hydrogen-bond donors (Lipinski definition) is 1. The van der Waals surface area contributed by atoms with Gasteiger partial charge in [0.05, 0.1) is 11.4 Å². The molecule has 3 rings (SSSR count). The van der Waals surface area contributed by atoms with E-state index in [1.807, 2.05) is 30.3 Å². The Morgan fingerprint density at radius 2 is 1.81 bits per heavy atom. The van der Waals surface area contributed by atoms with Crippen molar-refractivity contribution in [3.8, 4) is 0 Å². The second-order valence-electron chi connectivity index (χ2n) is 5.35. The average molecular weight is 343 g/mol. The van der Waals surface area contributed by atoms with Gasteiger partial charge in [-0.15, -0.1) is 0 Å². The normalized spacial score (nSPS) is 15.4. The van der Waals surface area contributed by atoms with Crippen molar-refractivity contribution in [2.75, 3.05) is 5.32 Å². The zero-order chi connectivity index (χ0) is 15.0. The van der Waals surface area contributed by atoms with Crippen LogP contribution in [0.25, 0.3) is 0 Å². The van der Waals surface area contributed by atoms with E-state index in [0.29, 0.717) is 11.6 Å². The van der Waals surface area contributed by atoms with Crippen LogP contribution in [-0.2, 0) is 4.79 Å². The number of amides is 1. The molecule has 1 heterocycles. The summed E-state index contributed by atoms with van der Waals surface area (Å²) in [6.07, 6.45) is 0. The number of carbonyl (C=O) groups is 1. The van der Waals surface area contributed by atoms with Crippen molar-refractivity contribution < 1.29 is 4.79 Å². The highest BCUT2D eigenvalue weighted by Gasteiger charge is 2.25. The van der Waals surface area contributed by atoms with Crippen LogP contribution in [0.1, 0.15) is 30.9 Å². The van der Waals surface area contributed by atoms with Gasteiger partial charge in [-0.05, 0) is 41.8 Å². The van der Waals surface area contributed by atoms with E-state index in [2.05, 4.69) is 52.2 Å². The first-order chi connectivity index (χ1) is 10.0. The standard InChI is InChI=1S/C17H15BrN2O/c1-10(2)11-3-6-13(7-4-11)19-16-14-9-12(18)5-8-15(14)20-17(16)21/h3-10H,1-2H3,(H,19,20,21). The first-order valence-electron chi connectivity index (χ1n) is 6.84. The minimum atomic E-state index is -0.156. The van der Waals surface area contributed by atoms with Gasteiger partial charge in [-0.25, -0.2) is 4.99 Å². The molecule has 0 aromatic heterocycles. The molecular weight excluding hydrogens is 328 g/mol. The third kappa shape index (κ3) is 2.76. The number of benzene rings is 2. The average Bonchev–Trinajstić information content (AvgIpc) is 2.76. The maximum atomic E-state index is 12.1. The van der Waals surface area contributed by atoms with E-state index in [4.69, 9.17) is 0 Å². The second-order valence-corrected chi connectivity index (χ2v) is 6.27. The zero-order valence-electron chi connectivity index (χ0n) is 11.9. The van der Waals surface area contributed by atoms with Gasteiger partial charge in [-0.3, -0.25) is 4.79 Å². The summed E-state index contributed by atoms with van der Waals surface area (Å²) in [6.45, 7) is 4.30. The Morgan fingerprint density at radius 1 is 1.10 bits per heavy atom. The van der Waals surface area contributed by atoms with Crippen molar-refractivity contribution in [2.45, 2.75) is 19.8 Å². The van der Waals surface area contributed by atoms with E-state index in [1.165, 1.54) is 5.56 Å². The molecule has 0 radical (unpaired) electrons. The van der Waals surface area contributed by atoms with Crippen LogP contribution in [-0.4, -0.2) is 11.6 Å². The number of nitrogens with zero attached hydrogens (tertiary/aromatic N) is 1. The summed E-state index contributed by atoms with van der Waals surface area (Å²) in [5, 5.41) is 2.83. The molecule has 2 aromatic carbocycles. The first kappa shape index (κ1) is 14.0. The minimum absolute atomic E-state index is 0.156. The third-order valence-electron chi connectivity index (χ3n) is 3.50. The Hall–Kier alpha value is -1.94. The van der Waals surface area contributed by atoms with Gasteiger partial charge >= 0.3 is 0 Å². The highest BCUT2D eigenvalue weighted by molar-refractivity contribution is 9.10. The van der Waals surface area contributed by atoms with E-state index in [0.717, 1.165) is 21.4 Å². The van der Waals surface area contributed by atoms with Gasteiger partial charge in [0, 0.05) is 10.0 Å². The monoisotopic (exact) mass is 342 g/mol. The number of carbonyl (C=O) groups excluding carboxylic acids is 1. The van der Waals surface area contributed by atoms with E-state index in [9.17, 15) is 4.79 Å². The van der Waals surface area contributed by atoms with Crippen LogP contribution in [0, 0.1) is 0 Å². The Kier molecular flexibility index (Phi) is 3.64. The van der Waals surface area contributed by atoms with Gasteiger partial charge < -0.3 is 5.32 Å². The zero-order valence-corrected chi connectivity index (χ0v) is 13.4. The van der Waals surface area contributed by atoms with Crippen molar-refractivity contribution in [2.24, 2.45) is 4.99 Å². The molecule has 0 saturated carbocycles. The predicted molar refractivity (Wildman–Crippen MR) is 89.5 cm³/mol. The fourth-order valence-electron chi connectivity index (χ4n) is 2.30. The number of rotatable bonds is 2. The molecule has 1 amide bonds. The summed E-state index contributed by atoms with van der Waals surface area (Å²) in [7, 11) is 0. The Labute approximate surface area is 132 Å². The molecule has 2 aromatic rings. The molecule has 21 heavy (non-hydrogen) atoms. The molecule has 0 atom stereocenters. The number of nitrogens with one attached hydrogen (secondary N) is 1. The number of fused-ring (bicyclic) bond motifs is 1. The molecule has 4 heteroatoms. The fraction of sp³-hybridized carbons (Fsp3) is 0.176. The van der Waals surface area contributed by atoms with Crippen LogP contribution in [0.4, 0.5) is 11.4 Å². The number of hydrogen-bond acceptors (Lipinski definition) is 2. The lowest BCUT2D eigenvalue weighted by atomic mass is 10.0. The molecule has 0 bridgehead atoms. The second kappa shape index (κ2) is 5.45. The topological polar surface area (TPSA) is 41.5 Å². The number of aliphatic imine (C=N–C) groups is 1. The largest absolute Gasteiger partial charge is 0.320 e. The smallest absolute Gasteiger partial charge is 0.275 e. The highest BCUT2D eigenvalue weighted by Crippen LogP contribution is 2.29. The maximum Gasteiger partial charge on any atom is 0.275 e. The van der Waals surface area contributed by atoms with Gasteiger partial charge in [-0.2, -0.15) is 0 Å². The number of anilines is 1. The van der Waals surface area contributed by atoms with Crippen LogP contribution >= 0.6 is 15.9 Å². The van der Waals surface area contributed by atoms with E-state index in [1.54, 1.807) is 0 Å². The molecule has 1 aliphatic rings. The highest BCUT2D eigenvalue weighted by atomic mass is 79.9. The van der Waals surface area contributed by atoms with E-state index < -0.39 is 0 Å². The number of halogens is 1. The first-order valence-corrected chi connectivity index (χ1v) is 7.64. The fourth-order valence-corrected chi connectivity index (χ4v) is 2.66. The van der Waals surface area contributed by atoms with E-state index >= 15 is 0 Å². The van der Waals surface area contributed by atoms with Crippen molar-refractivity contribution in [3.05, 3.63) is 58.1 Å². The van der Waals surface area contributed by atoms with Crippen molar-refractivity contribution in [3.63, 3.8) is 0 Å². The molecule has 1 aliphatic heterocycles. The summed E-state index contributed by atoms with van der Waals surface area (Å²) in [5.41, 5.74) is 4.15. The van der Waals surface area contributed by atoms with Crippen molar-refractivity contribution in [1.29, 1.82) is 0 Å². The van der Waals surface area contributed by atoms with Crippen LogP contribution in [0.3, 0.4) is 0 Å². The maximum absolute atomic E-state index is 12.1. The lowest BCUT2D eigenvalue weighted by molar-refractivity contribution is -0.110. The lowest BCUT2D eigenvalue weighted by Crippen LogP contribution is -2.13. The van der Waals surface area contributed by atoms with Gasteiger partial charge in [0.1, 0.15) is 5.71 Å². The van der Waals surface area contributed by atoms with Gasteiger partial charge in [0.25, 0.3) is 5.91 Å². The summed E-state index contributed by atoms with van der Waals surface area (Å²) in [6, 6.07) is 13.7. The summed E-state index contributed by atoms with van der Waals surface area (Å²) in [5.74, 6) is 0.328. The molecule has 0 fully saturated rings. The van der Waals surface area contributed by atoms with Gasteiger partial charge in [0.15, 0.2) is 0 Å². The Bertz CT molecular complexity index is 733. The van der Waals surface area contributed by atoms with Crippen molar-refractivity contribution in [1.82, 2.24) is 0 Å². The van der Waals surface area contributed by atoms with Gasteiger partial charge in [-0.1, -0.05) is 41.9 Å². The molecule has 0 aliphatic carbocycles. The molecule has 0 spiro atoms. The molecule has 3 nitrogen and oxygen atoms in total. The molecule has 0 unspecified atom stereocenters. The van der Waals surface area contributed by atoms with Crippen LogP contribution in [0.2, 0.25) is 0 Å². The Morgan fingerprint density at radius 3 is 2.48 bits per heavy atom. The molecule has 0 saturated heterocycles. The van der Waals surface area contributed by atoms with Crippen molar-refractivity contribution >= 4 is 38.9 Å². The van der Waals surface area contributed by atoms with E-state index in [-0.39, 0.29) is 5.91 Å². The summed E-state index contributed by atoms with van der Waals surface area (Å²) < 4.78 is 0.931. The summed E-state index contributed by atoms with van der Waals surface area (Å²) in [4.78, 5) is 16.6. The van der Waals surface area contributed by atoms with Crippen LogP contribution < -0.4 is 5.32 Å².